The van der Waals surface area contributed by atoms with Crippen LogP contribution >= 0.6 is 0 Å². The summed E-state index contributed by atoms with van der Waals surface area (Å²) in [6.07, 6.45) is 3.48. The monoisotopic (exact) mass is 319 g/mol. The molecule has 1 amide bonds. The molecule has 0 saturated carbocycles. The van der Waals surface area contributed by atoms with Gasteiger partial charge in [0.05, 0.1) is 18.9 Å². The van der Waals surface area contributed by atoms with Gasteiger partial charge >= 0.3 is 5.97 Å². The molecule has 122 valence electrons. The second-order valence-corrected chi connectivity index (χ2v) is 5.25. The highest BCUT2D eigenvalue weighted by atomic mass is 19.1. The Labute approximate surface area is 133 Å². The highest BCUT2D eigenvalue weighted by Crippen LogP contribution is 2.11. The lowest BCUT2D eigenvalue weighted by Crippen LogP contribution is -2.33. The van der Waals surface area contributed by atoms with Gasteiger partial charge < -0.3 is 14.4 Å². The van der Waals surface area contributed by atoms with Crippen molar-refractivity contribution in [1.82, 2.24) is 4.90 Å². The Morgan fingerprint density at radius 3 is 2.70 bits per heavy atom. The summed E-state index contributed by atoms with van der Waals surface area (Å²) in [5.74, 6) is -1.42. The Morgan fingerprint density at radius 2 is 2.04 bits per heavy atom. The zero-order chi connectivity index (χ0) is 16.7. The highest BCUT2D eigenvalue weighted by molar-refractivity contribution is 5.78. The van der Waals surface area contributed by atoms with Crippen molar-refractivity contribution in [3.8, 4) is 0 Å². The van der Waals surface area contributed by atoms with Crippen molar-refractivity contribution in [2.45, 2.75) is 25.8 Å². The average Bonchev–Trinajstić information content (AvgIpc) is 2.99. The van der Waals surface area contributed by atoms with E-state index in [4.69, 9.17) is 9.52 Å². The van der Waals surface area contributed by atoms with E-state index in [9.17, 15) is 14.0 Å². The van der Waals surface area contributed by atoms with Crippen LogP contribution in [0.25, 0.3) is 0 Å². The molecule has 0 atom stereocenters. The molecule has 1 N–H and O–H groups in total. The summed E-state index contributed by atoms with van der Waals surface area (Å²) < 4.78 is 18.2. The van der Waals surface area contributed by atoms with Gasteiger partial charge in [-0.3, -0.25) is 9.59 Å². The maximum atomic E-state index is 13.3. The molecule has 2 aromatic rings. The third kappa shape index (κ3) is 5.58. The molecule has 6 heteroatoms. The predicted molar refractivity (Wildman–Crippen MR) is 81.1 cm³/mol. The summed E-state index contributed by atoms with van der Waals surface area (Å²) in [5, 5.41) is 8.73. The first-order valence-electron chi connectivity index (χ1n) is 7.29. The van der Waals surface area contributed by atoms with Crippen molar-refractivity contribution in [2.75, 3.05) is 6.54 Å². The molecule has 1 aromatic heterocycles. The largest absolute Gasteiger partial charge is 0.481 e. The van der Waals surface area contributed by atoms with Gasteiger partial charge in [0.2, 0.25) is 5.91 Å². The Balaban J connectivity index is 2.03. The minimum atomic E-state index is -0.905. The third-order valence-corrected chi connectivity index (χ3v) is 3.37. The summed E-state index contributed by atoms with van der Waals surface area (Å²) in [6.45, 7) is 0.549. The van der Waals surface area contributed by atoms with E-state index in [1.807, 2.05) is 0 Å². The van der Waals surface area contributed by atoms with Crippen LogP contribution in [-0.4, -0.2) is 28.4 Å². The first kappa shape index (κ1) is 16.7. The quantitative estimate of drug-likeness (QED) is 0.812. The normalized spacial score (nSPS) is 10.5. The van der Waals surface area contributed by atoms with Crippen molar-refractivity contribution < 1.29 is 23.5 Å². The van der Waals surface area contributed by atoms with Crippen molar-refractivity contribution in [1.29, 1.82) is 0 Å². The predicted octanol–water partition coefficient (Wildman–Crippen LogP) is 2.85. The Bertz CT molecular complexity index is 654. The fraction of sp³-hybridized carbons (Fsp3) is 0.294. The SMILES string of the molecule is O=C(O)CCCN(Cc1cccc(F)c1)C(=O)Cc1ccoc1. The zero-order valence-corrected chi connectivity index (χ0v) is 12.6. The molecule has 0 fully saturated rings. The fourth-order valence-corrected chi connectivity index (χ4v) is 2.25. The van der Waals surface area contributed by atoms with E-state index in [1.54, 1.807) is 23.1 Å². The van der Waals surface area contributed by atoms with Crippen molar-refractivity contribution in [3.05, 3.63) is 59.8 Å². The molecule has 1 heterocycles. The number of halogens is 1. The molecule has 23 heavy (non-hydrogen) atoms. The number of hydrogen-bond acceptors (Lipinski definition) is 3. The second kappa shape index (κ2) is 8.12. The third-order valence-electron chi connectivity index (χ3n) is 3.37. The van der Waals surface area contributed by atoms with Gasteiger partial charge in [0, 0.05) is 19.5 Å². The van der Waals surface area contributed by atoms with Crippen LogP contribution in [0, 0.1) is 5.82 Å². The lowest BCUT2D eigenvalue weighted by Gasteiger charge is -2.22. The van der Waals surface area contributed by atoms with Crippen LogP contribution in [0.15, 0.2) is 47.3 Å². The summed E-state index contributed by atoms with van der Waals surface area (Å²) in [4.78, 5) is 24.6. The molecule has 0 radical (unpaired) electrons. The number of carbonyl (C=O) groups is 2. The topological polar surface area (TPSA) is 70.8 Å². The van der Waals surface area contributed by atoms with E-state index >= 15 is 0 Å². The second-order valence-electron chi connectivity index (χ2n) is 5.25. The van der Waals surface area contributed by atoms with Gasteiger partial charge in [-0.15, -0.1) is 0 Å². The molecular weight excluding hydrogens is 301 g/mol. The first-order chi connectivity index (χ1) is 11.0. The van der Waals surface area contributed by atoms with Gasteiger partial charge in [0.1, 0.15) is 5.82 Å². The van der Waals surface area contributed by atoms with Gasteiger partial charge in [-0.1, -0.05) is 12.1 Å². The number of furan rings is 1. The molecular formula is C17H18FNO4. The lowest BCUT2D eigenvalue weighted by atomic mass is 10.1. The van der Waals surface area contributed by atoms with E-state index in [0.29, 0.717) is 18.5 Å². The zero-order valence-electron chi connectivity index (χ0n) is 12.6. The van der Waals surface area contributed by atoms with Crippen LogP contribution in [0.3, 0.4) is 0 Å². The number of carboxylic acids is 1. The lowest BCUT2D eigenvalue weighted by molar-refractivity contribution is -0.138. The number of aliphatic carboxylic acids is 1. The van der Waals surface area contributed by atoms with Crippen LogP contribution in [0.5, 0.6) is 0 Å². The van der Waals surface area contributed by atoms with Crippen LogP contribution in [0.1, 0.15) is 24.0 Å². The smallest absolute Gasteiger partial charge is 0.303 e. The molecule has 1 aromatic carbocycles. The number of nitrogens with zero attached hydrogens (tertiary/aromatic N) is 1. The average molecular weight is 319 g/mol. The van der Waals surface area contributed by atoms with Gasteiger partial charge in [-0.25, -0.2) is 4.39 Å². The van der Waals surface area contributed by atoms with Gasteiger partial charge in [0.25, 0.3) is 0 Å². The molecule has 0 aliphatic heterocycles. The Kier molecular flexibility index (Phi) is 5.91. The van der Waals surface area contributed by atoms with Gasteiger partial charge in [0.15, 0.2) is 0 Å². The van der Waals surface area contributed by atoms with E-state index in [1.165, 1.54) is 24.7 Å². The number of hydrogen-bond donors (Lipinski definition) is 1. The number of benzene rings is 1. The number of carbonyl (C=O) groups excluding carboxylic acids is 1. The maximum Gasteiger partial charge on any atom is 0.303 e. The Hall–Kier alpha value is -2.63. The minimum Gasteiger partial charge on any atom is -0.481 e. The number of carboxylic acid groups (broad SMARTS) is 1. The fourth-order valence-electron chi connectivity index (χ4n) is 2.25. The molecule has 0 bridgehead atoms. The molecule has 0 saturated heterocycles. The molecule has 2 rings (SSSR count). The van der Waals surface area contributed by atoms with Crippen molar-refractivity contribution in [2.24, 2.45) is 0 Å². The molecule has 0 unspecified atom stereocenters. The van der Waals surface area contributed by atoms with Crippen molar-refractivity contribution in [3.63, 3.8) is 0 Å². The van der Waals surface area contributed by atoms with E-state index in [-0.39, 0.29) is 31.1 Å². The van der Waals surface area contributed by atoms with Crippen LogP contribution in [0.2, 0.25) is 0 Å². The van der Waals surface area contributed by atoms with Crippen LogP contribution in [-0.2, 0) is 22.6 Å². The first-order valence-corrected chi connectivity index (χ1v) is 7.29. The van der Waals surface area contributed by atoms with E-state index in [0.717, 1.165) is 5.56 Å². The highest BCUT2D eigenvalue weighted by Gasteiger charge is 2.16. The van der Waals surface area contributed by atoms with Crippen LogP contribution < -0.4 is 0 Å². The molecule has 0 aliphatic carbocycles. The Morgan fingerprint density at radius 1 is 1.22 bits per heavy atom. The summed E-state index contributed by atoms with van der Waals surface area (Å²) >= 11 is 0. The van der Waals surface area contributed by atoms with Crippen LogP contribution in [0.4, 0.5) is 4.39 Å². The standard InChI is InChI=1S/C17H18FNO4/c18-15-4-1-3-13(9-15)11-19(7-2-5-17(21)22)16(20)10-14-6-8-23-12-14/h1,3-4,6,8-9,12H,2,5,7,10-11H2,(H,21,22). The van der Waals surface area contributed by atoms with Gasteiger partial charge in [-0.05, 0) is 35.7 Å². The van der Waals surface area contributed by atoms with E-state index in [2.05, 4.69) is 0 Å². The number of amides is 1. The maximum absolute atomic E-state index is 13.3. The molecule has 0 aliphatic rings. The minimum absolute atomic E-state index is 0.0152. The van der Waals surface area contributed by atoms with E-state index < -0.39 is 5.97 Å². The van der Waals surface area contributed by atoms with Gasteiger partial charge in [-0.2, -0.15) is 0 Å². The summed E-state index contributed by atoms with van der Waals surface area (Å²) in [6, 6.07) is 7.73. The summed E-state index contributed by atoms with van der Waals surface area (Å²) in [7, 11) is 0. The molecule has 0 spiro atoms. The molecule has 5 nitrogen and oxygen atoms in total. The van der Waals surface area contributed by atoms with Crippen molar-refractivity contribution >= 4 is 11.9 Å². The summed E-state index contributed by atoms with van der Waals surface area (Å²) in [5.41, 5.74) is 1.42. The number of rotatable bonds is 8.